The summed E-state index contributed by atoms with van der Waals surface area (Å²) in [5, 5.41) is 7.55. The van der Waals surface area contributed by atoms with Gasteiger partial charge in [0.15, 0.2) is 0 Å². The molecule has 50 heavy (non-hydrogen) atoms. The summed E-state index contributed by atoms with van der Waals surface area (Å²) >= 11 is 0. The van der Waals surface area contributed by atoms with Gasteiger partial charge in [0.25, 0.3) is 0 Å². The van der Waals surface area contributed by atoms with E-state index in [4.69, 9.17) is 14.8 Å². The minimum absolute atomic E-state index is 0.503. The maximum atomic E-state index is 6.63. The summed E-state index contributed by atoms with van der Waals surface area (Å²) in [5.41, 5.74) is 10.5. The van der Waals surface area contributed by atoms with Crippen LogP contribution in [0.4, 0.5) is 0 Å². The van der Waals surface area contributed by atoms with Crippen LogP contribution in [0.15, 0.2) is 109 Å². The van der Waals surface area contributed by atoms with Crippen LogP contribution < -0.4 is 4.74 Å². The van der Waals surface area contributed by atoms with E-state index in [9.17, 15) is 0 Å². The van der Waals surface area contributed by atoms with Gasteiger partial charge in [0.05, 0.1) is 28.1 Å². The SMILES string of the molecule is CCc1nn(-c2cccc(Oc3ccc4c5cc(C(C)CCCC(C)C)ccc5n(-c5cc(C)ccn5)c4c3)c2)c(CC)c1-c1ccccc1. The summed E-state index contributed by atoms with van der Waals surface area (Å²) in [6.45, 7) is 13.5. The zero-order valence-electron chi connectivity index (χ0n) is 30.3. The molecular weight excluding hydrogens is 613 g/mol. The third-order valence-electron chi connectivity index (χ3n) is 9.96. The van der Waals surface area contributed by atoms with Crippen LogP contribution in [-0.4, -0.2) is 19.3 Å². The van der Waals surface area contributed by atoms with Crippen molar-refractivity contribution in [2.45, 2.75) is 79.6 Å². The van der Waals surface area contributed by atoms with Gasteiger partial charge in [-0.3, -0.25) is 4.57 Å². The van der Waals surface area contributed by atoms with E-state index in [-0.39, 0.29) is 0 Å². The molecule has 0 N–H and O–H groups in total. The molecule has 1 atom stereocenters. The van der Waals surface area contributed by atoms with Crippen LogP contribution >= 0.6 is 0 Å². The molecule has 7 rings (SSSR count). The van der Waals surface area contributed by atoms with Crippen molar-refractivity contribution in [1.82, 2.24) is 19.3 Å². The van der Waals surface area contributed by atoms with Crippen LogP contribution in [0.3, 0.4) is 0 Å². The maximum Gasteiger partial charge on any atom is 0.137 e. The highest BCUT2D eigenvalue weighted by molar-refractivity contribution is 6.09. The lowest BCUT2D eigenvalue weighted by atomic mass is 9.92. The third-order valence-corrected chi connectivity index (χ3v) is 9.96. The number of aryl methyl sites for hydroxylation is 2. The maximum absolute atomic E-state index is 6.63. The molecule has 4 aromatic carbocycles. The molecule has 0 radical (unpaired) electrons. The minimum atomic E-state index is 0.503. The van der Waals surface area contributed by atoms with Crippen LogP contribution in [0.25, 0.3) is 44.4 Å². The van der Waals surface area contributed by atoms with Gasteiger partial charge in [0.1, 0.15) is 17.3 Å². The van der Waals surface area contributed by atoms with E-state index >= 15 is 0 Å². The van der Waals surface area contributed by atoms with Gasteiger partial charge in [-0.1, -0.05) is 89.9 Å². The second kappa shape index (κ2) is 14.4. The number of benzene rings is 4. The normalized spacial score (nSPS) is 12.3. The van der Waals surface area contributed by atoms with E-state index in [1.54, 1.807) is 0 Å². The molecule has 0 aliphatic heterocycles. The molecule has 0 aliphatic rings. The van der Waals surface area contributed by atoms with Gasteiger partial charge in [-0.05, 0) is 103 Å². The van der Waals surface area contributed by atoms with Crippen molar-refractivity contribution >= 4 is 21.8 Å². The Labute approximate surface area is 296 Å². The van der Waals surface area contributed by atoms with E-state index in [2.05, 4.69) is 142 Å². The van der Waals surface area contributed by atoms with Crippen LogP contribution in [0, 0.1) is 12.8 Å². The summed E-state index contributed by atoms with van der Waals surface area (Å²) in [6, 6.07) is 36.5. The van der Waals surface area contributed by atoms with Gasteiger partial charge < -0.3 is 4.74 Å². The van der Waals surface area contributed by atoms with Gasteiger partial charge >= 0.3 is 0 Å². The Balaban J connectivity index is 1.27. The number of rotatable bonds is 12. The summed E-state index contributed by atoms with van der Waals surface area (Å²) in [4.78, 5) is 4.82. The van der Waals surface area contributed by atoms with Crippen LogP contribution in [0.5, 0.6) is 11.5 Å². The monoisotopic (exact) mass is 660 g/mol. The smallest absolute Gasteiger partial charge is 0.137 e. The lowest BCUT2D eigenvalue weighted by Gasteiger charge is -2.13. The largest absolute Gasteiger partial charge is 0.457 e. The molecule has 5 nitrogen and oxygen atoms in total. The van der Waals surface area contributed by atoms with Crippen LogP contribution in [-0.2, 0) is 12.8 Å². The topological polar surface area (TPSA) is 44.9 Å². The Morgan fingerprint density at radius 1 is 0.720 bits per heavy atom. The van der Waals surface area contributed by atoms with Crippen molar-refractivity contribution in [3.63, 3.8) is 0 Å². The quantitative estimate of drug-likeness (QED) is 0.131. The Kier molecular flexibility index (Phi) is 9.58. The standard InChI is InChI=1S/C45H48N4O/c1-7-40-45(33-16-10-9-11-17-33)41(8-2)49(47-40)35-18-13-19-36(28-35)50-37-21-22-38-39-27-34(32(6)15-12-14-30(3)4)20-23-42(39)48(43(38)29-37)44-26-31(5)24-25-46-44/h9-11,13,16-30,32H,7-8,12,14-15H2,1-6H3. The van der Waals surface area contributed by atoms with Crippen molar-refractivity contribution in [3.05, 3.63) is 132 Å². The molecule has 0 fully saturated rings. The van der Waals surface area contributed by atoms with Crippen LogP contribution in [0.1, 0.15) is 82.3 Å². The Hall–Kier alpha value is -5.16. The zero-order valence-corrected chi connectivity index (χ0v) is 30.3. The van der Waals surface area contributed by atoms with E-state index in [1.807, 2.05) is 18.3 Å². The molecule has 3 heterocycles. The van der Waals surface area contributed by atoms with Crippen molar-refractivity contribution in [1.29, 1.82) is 0 Å². The van der Waals surface area contributed by atoms with Gasteiger partial charge in [0.2, 0.25) is 0 Å². The second-order valence-corrected chi connectivity index (χ2v) is 14.1. The number of hydrogen-bond acceptors (Lipinski definition) is 3. The first-order valence-corrected chi connectivity index (χ1v) is 18.3. The highest BCUT2D eigenvalue weighted by atomic mass is 16.5. The number of aromatic nitrogens is 4. The van der Waals surface area contributed by atoms with Crippen molar-refractivity contribution in [2.24, 2.45) is 5.92 Å². The number of pyridine rings is 1. The fraction of sp³-hybridized carbons (Fsp3) is 0.289. The predicted molar refractivity (Wildman–Crippen MR) is 208 cm³/mol. The fourth-order valence-corrected chi connectivity index (χ4v) is 7.32. The minimum Gasteiger partial charge on any atom is -0.457 e. The average molecular weight is 661 g/mol. The predicted octanol–water partition coefficient (Wildman–Crippen LogP) is 12.2. The second-order valence-electron chi connectivity index (χ2n) is 14.1. The number of fused-ring (bicyclic) bond motifs is 3. The van der Waals surface area contributed by atoms with Crippen LogP contribution in [0.2, 0.25) is 0 Å². The molecule has 3 aromatic heterocycles. The van der Waals surface area contributed by atoms with Gasteiger partial charge in [-0.2, -0.15) is 5.10 Å². The molecule has 0 amide bonds. The first-order valence-electron chi connectivity index (χ1n) is 18.3. The molecule has 0 bridgehead atoms. The molecular formula is C45H48N4O. The molecule has 0 aliphatic carbocycles. The number of hydrogen-bond donors (Lipinski definition) is 0. The molecule has 0 saturated heterocycles. The first kappa shape index (κ1) is 33.3. The van der Waals surface area contributed by atoms with E-state index < -0.39 is 0 Å². The molecule has 0 spiro atoms. The van der Waals surface area contributed by atoms with E-state index in [1.165, 1.54) is 58.0 Å². The summed E-state index contributed by atoms with van der Waals surface area (Å²) in [7, 11) is 0. The Morgan fingerprint density at radius 2 is 1.54 bits per heavy atom. The lowest BCUT2D eigenvalue weighted by Crippen LogP contribution is -2.02. The lowest BCUT2D eigenvalue weighted by molar-refractivity contribution is 0.482. The fourth-order valence-electron chi connectivity index (χ4n) is 7.32. The molecule has 7 aromatic rings. The number of nitrogens with zero attached hydrogens (tertiary/aromatic N) is 4. The Morgan fingerprint density at radius 3 is 2.30 bits per heavy atom. The highest BCUT2D eigenvalue weighted by Gasteiger charge is 2.20. The molecule has 0 saturated carbocycles. The number of ether oxygens (including phenoxy) is 1. The summed E-state index contributed by atoms with van der Waals surface area (Å²) in [5.74, 6) is 3.71. The van der Waals surface area contributed by atoms with Crippen molar-refractivity contribution in [2.75, 3.05) is 0 Å². The van der Waals surface area contributed by atoms with Gasteiger partial charge in [0, 0.05) is 34.7 Å². The van der Waals surface area contributed by atoms with Crippen molar-refractivity contribution < 1.29 is 4.74 Å². The zero-order chi connectivity index (χ0) is 34.8. The summed E-state index contributed by atoms with van der Waals surface area (Å²) < 4.78 is 11.0. The molecule has 5 heteroatoms. The first-order chi connectivity index (χ1) is 24.3. The average Bonchev–Trinajstić information content (AvgIpc) is 3.67. The molecule has 1 unspecified atom stereocenters. The Bertz CT molecular complexity index is 2260. The van der Waals surface area contributed by atoms with Gasteiger partial charge in [-0.25, -0.2) is 9.67 Å². The third kappa shape index (κ3) is 6.57. The van der Waals surface area contributed by atoms with E-state index in [0.717, 1.165) is 58.5 Å². The van der Waals surface area contributed by atoms with Crippen molar-refractivity contribution in [3.8, 4) is 34.1 Å². The summed E-state index contributed by atoms with van der Waals surface area (Å²) in [6.07, 6.45) is 7.35. The van der Waals surface area contributed by atoms with Gasteiger partial charge in [-0.15, -0.1) is 0 Å². The highest BCUT2D eigenvalue weighted by Crippen LogP contribution is 2.38. The van der Waals surface area contributed by atoms with E-state index in [0.29, 0.717) is 5.92 Å². The molecule has 254 valence electrons.